The highest BCUT2D eigenvalue weighted by Crippen LogP contribution is 2.09. The van der Waals surface area contributed by atoms with Crippen molar-refractivity contribution in [3.05, 3.63) is 71.5 Å². The largest absolute Gasteiger partial charge is 0.348 e. The average Bonchev–Trinajstić information content (AvgIpc) is 3.07. The van der Waals surface area contributed by atoms with Gasteiger partial charge in [-0.2, -0.15) is 0 Å². The van der Waals surface area contributed by atoms with Gasteiger partial charge in [0.15, 0.2) is 0 Å². The first-order chi connectivity index (χ1) is 10.7. The molecule has 0 aliphatic carbocycles. The Bertz CT molecular complexity index is 783. The van der Waals surface area contributed by atoms with Crippen molar-refractivity contribution in [1.29, 1.82) is 0 Å². The lowest BCUT2D eigenvalue weighted by molar-refractivity contribution is 0.0951. The number of carbonyl (C=O) groups is 1. The van der Waals surface area contributed by atoms with Gasteiger partial charge in [-0.1, -0.05) is 35.9 Å². The van der Waals surface area contributed by atoms with Crippen molar-refractivity contribution >= 4 is 5.91 Å². The van der Waals surface area contributed by atoms with Gasteiger partial charge in [-0.25, -0.2) is 4.68 Å². The lowest BCUT2D eigenvalue weighted by atomic mass is 10.1. The topological polar surface area (TPSA) is 72.7 Å². The zero-order valence-corrected chi connectivity index (χ0v) is 12.1. The Morgan fingerprint density at radius 3 is 2.82 bits per heavy atom. The smallest absolute Gasteiger partial charge is 0.251 e. The molecule has 0 aliphatic rings. The highest BCUT2D eigenvalue weighted by Gasteiger charge is 2.07. The normalized spacial score (nSPS) is 10.4. The van der Waals surface area contributed by atoms with Gasteiger partial charge in [-0.15, -0.1) is 5.10 Å². The van der Waals surface area contributed by atoms with Crippen LogP contribution >= 0.6 is 0 Å². The standard InChI is InChI=1S/C16H15N5O/c1-12-4-2-5-13(8-12)10-17-16(22)14-6-3-7-15(9-14)21-11-18-19-20-21/h2-9,11H,10H2,1H3,(H,17,22). The van der Waals surface area contributed by atoms with Crippen LogP contribution < -0.4 is 5.32 Å². The first-order valence-electron chi connectivity index (χ1n) is 6.89. The molecule has 1 heterocycles. The lowest BCUT2D eigenvalue weighted by Gasteiger charge is -2.07. The number of aromatic nitrogens is 4. The summed E-state index contributed by atoms with van der Waals surface area (Å²) in [7, 11) is 0. The SMILES string of the molecule is Cc1cccc(CNC(=O)c2cccc(-n3cnnn3)c2)c1. The Labute approximate surface area is 127 Å². The lowest BCUT2D eigenvalue weighted by Crippen LogP contribution is -2.22. The van der Waals surface area contributed by atoms with E-state index in [1.807, 2.05) is 31.2 Å². The van der Waals surface area contributed by atoms with Crippen LogP contribution in [-0.4, -0.2) is 26.1 Å². The van der Waals surface area contributed by atoms with Crippen molar-refractivity contribution in [1.82, 2.24) is 25.5 Å². The second-order valence-corrected chi connectivity index (χ2v) is 4.98. The predicted octanol–water partition coefficient (Wildman–Crippen LogP) is 1.90. The molecular weight excluding hydrogens is 278 g/mol. The summed E-state index contributed by atoms with van der Waals surface area (Å²) in [6.45, 7) is 2.52. The number of nitrogens with zero attached hydrogens (tertiary/aromatic N) is 4. The molecular formula is C16H15N5O. The molecule has 0 fully saturated rings. The van der Waals surface area contributed by atoms with E-state index in [4.69, 9.17) is 0 Å². The summed E-state index contributed by atoms with van der Waals surface area (Å²) in [6.07, 6.45) is 1.49. The maximum atomic E-state index is 12.3. The van der Waals surface area contributed by atoms with Gasteiger partial charge in [0.25, 0.3) is 5.91 Å². The van der Waals surface area contributed by atoms with E-state index in [-0.39, 0.29) is 5.91 Å². The van der Waals surface area contributed by atoms with Gasteiger partial charge >= 0.3 is 0 Å². The Hall–Kier alpha value is -3.02. The number of rotatable bonds is 4. The molecule has 2 aromatic carbocycles. The van der Waals surface area contributed by atoms with Crippen LogP contribution in [0.2, 0.25) is 0 Å². The van der Waals surface area contributed by atoms with Gasteiger partial charge in [0, 0.05) is 12.1 Å². The second kappa shape index (κ2) is 6.17. The van der Waals surface area contributed by atoms with Crippen LogP contribution in [0, 0.1) is 6.92 Å². The summed E-state index contributed by atoms with van der Waals surface area (Å²) in [4.78, 5) is 12.3. The van der Waals surface area contributed by atoms with E-state index in [1.165, 1.54) is 16.6 Å². The van der Waals surface area contributed by atoms with Crippen LogP contribution in [0.5, 0.6) is 0 Å². The van der Waals surface area contributed by atoms with E-state index in [2.05, 4.69) is 26.9 Å². The molecule has 0 bridgehead atoms. The molecule has 3 aromatic rings. The minimum Gasteiger partial charge on any atom is -0.348 e. The summed E-state index contributed by atoms with van der Waals surface area (Å²) >= 11 is 0. The van der Waals surface area contributed by atoms with Crippen molar-refractivity contribution in [3.8, 4) is 5.69 Å². The summed E-state index contributed by atoms with van der Waals surface area (Å²) in [5.74, 6) is -0.128. The van der Waals surface area contributed by atoms with Crippen LogP contribution in [0.25, 0.3) is 5.69 Å². The van der Waals surface area contributed by atoms with Crippen LogP contribution in [0.15, 0.2) is 54.9 Å². The van der Waals surface area contributed by atoms with Crippen LogP contribution in [0.3, 0.4) is 0 Å². The average molecular weight is 293 g/mol. The van der Waals surface area contributed by atoms with Gasteiger partial charge in [0.05, 0.1) is 5.69 Å². The number of benzene rings is 2. The van der Waals surface area contributed by atoms with Crippen LogP contribution in [0.4, 0.5) is 0 Å². The van der Waals surface area contributed by atoms with Crippen molar-refractivity contribution in [3.63, 3.8) is 0 Å². The third-order valence-corrected chi connectivity index (χ3v) is 3.26. The Morgan fingerprint density at radius 1 is 1.18 bits per heavy atom. The van der Waals surface area contributed by atoms with Crippen LogP contribution in [0.1, 0.15) is 21.5 Å². The van der Waals surface area contributed by atoms with E-state index in [0.29, 0.717) is 12.1 Å². The van der Waals surface area contributed by atoms with E-state index in [0.717, 1.165) is 11.3 Å². The molecule has 0 atom stereocenters. The van der Waals surface area contributed by atoms with Gasteiger partial charge in [0.1, 0.15) is 6.33 Å². The quantitative estimate of drug-likeness (QED) is 0.797. The molecule has 6 nitrogen and oxygen atoms in total. The molecule has 0 aliphatic heterocycles. The van der Waals surface area contributed by atoms with Gasteiger partial charge in [0.2, 0.25) is 0 Å². The van der Waals surface area contributed by atoms with Gasteiger partial charge in [-0.3, -0.25) is 4.79 Å². The third-order valence-electron chi connectivity index (χ3n) is 3.26. The van der Waals surface area contributed by atoms with E-state index < -0.39 is 0 Å². The maximum Gasteiger partial charge on any atom is 0.251 e. The Balaban J connectivity index is 1.71. The first kappa shape index (κ1) is 13.9. The minimum absolute atomic E-state index is 0.128. The van der Waals surface area contributed by atoms with E-state index in [9.17, 15) is 4.79 Å². The maximum absolute atomic E-state index is 12.3. The molecule has 3 rings (SSSR count). The van der Waals surface area contributed by atoms with Crippen LogP contribution in [-0.2, 0) is 6.54 Å². The summed E-state index contributed by atoms with van der Waals surface area (Å²) < 4.78 is 1.51. The number of tetrazole rings is 1. The highest BCUT2D eigenvalue weighted by molar-refractivity contribution is 5.94. The summed E-state index contributed by atoms with van der Waals surface area (Å²) in [5, 5.41) is 13.9. The molecule has 1 amide bonds. The number of nitrogens with one attached hydrogen (secondary N) is 1. The number of hydrogen-bond acceptors (Lipinski definition) is 4. The highest BCUT2D eigenvalue weighted by atomic mass is 16.1. The Kier molecular flexibility index (Phi) is 3.91. The summed E-state index contributed by atoms with van der Waals surface area (Å²) in [5.41, 5.74) is 3.56. The first-order valence-corrected chi connectivity index (χ1v) is 6.89. The summed E-state index contributed by atoms with van der Waals surface area (Å²) in [6, 6.07) is 15.2. The predicted molar refractivity (Wildman–Crippen MR) is 81.5 cm³/mol. The third kappa shape index (κ3) is 3.17. The number of aryl methyl sites for hydroxylation is 1. The van der Waals surface area contributed by atoms with Gasteiger partial charge in [-0.05, 0) is 41.1 Å². The van der Waals surface area contributed by atoms with Crippen molar-refractivity contribution in [2.75, 3.05) is 0 Å². The van der Waals surface area contributed by atoms with E-state index >= 15 is 0 Å². The molecule has 0 spiro atoms. The molecule has 0 saturated heterocycles. The van der Waals surface area contributed by atoms with E-state index in [1.54, 1.807) is 18.2 Å². The zero-order valence-electron chi connectivity index (χ0n) is 12.1. The molecule has 110 valence electrons. The molecule has 1 aromatic heterocycles. The molecule has 22 heavy (non-hydrogen) atoms. The molecule has 0 radical (unpaired) electrons. The molecule has 6 heteroatoms. The molecule has 0 unspecified atom stereocenters. The number of amides is 1. The van der Waals surface area contributed by atoms with Crippen molar-refractivity contribution in [2.24, 2.45) is 0 Å². The van der Waals surface area contributed by atoms with Crippen molar-refractivity contribution in [2.45, 2.75) is 13.5 Å². The van der Waals surface area contributed by atoms with Crippen molar-refractivity contribution < 1.29 is 4.79 Å². The monoisotopic (exact) mass is 293 g/mol. The fourth-order valence-electron chi connectivity index (χ4n) is 2.18. The minimum atomic E-state index is -0.128. The van der Waals surface area contributed by atoms with Gasteiger partial charge < -0.3 is 5.32 Å². The Morgan fingerprint density at radius 2 is 2.05 bits per heavy atom. The fourth-order valence-corrected chi connectivity index (χ4v) is 2.18. The molecule has 0 saturated carbocycles. The number of hydrogen-bond donors (Lipinski definition) is 1. The number of carbonyl (C=O) groups excluding carboxylic acids is 1. The zero-order chi connectivity index (χ0) is 15.4. The second-order valence-electron chi connectivity index (χ2n) is 4.98. The molecule has 1 N–H and O–H groups in total. The fraction of sp³-hybridized carbons (Fsp3) is 0.125.